The van der Waals surface area contributed by atoms with Crippen molar-refractivity contribution in [2.75, 3.05) is 0 Å². The van der Waals surface area contributed by atoms with Crippen LogP contribution in [0.3, 0.4) is 0 Å². The molecule has 2 amide bonds. The maximum absolute atomic E-state index is 11.4. The molecule has 0 aromatic heterocycles. The third kappa shape index (κ3) is 8.33. The second-order valence-electron chi connectivity index (χ2n) is 5.92. The van der Waals surface area contributed by atoms with Crippen LogP contribution in [0, 0.1) is 5.92 Å². The molecular formula is C17H30N2O2. The molecule has 4 N–H and O–H groups in total. The number of hydrogen-bond donors (Lipinski definition) is 2. The molecule has 0 saturated carbocycles. The van der Waals surface area contributed by atoms with Gasteiger partial charge in [0, 0.05) is 11.1 Å². The molecule has 0 bridgehead atoms. The molecule has 0 radical (unpaired) electrons. The second-order valence-corrected chi connectivity index (χ2v) is 5.92. The van der Waals surface area contributed by atoms with Crippen LogP contribution in [0.2, 0.25) is 0 Å². The lowest BCUT2D eigenvalue weighted by Crippen LogP contribution is -2.19. The Bertz CT molecular complexity index is 421. The zero-order valence-corrected chi connectivity index (χ0v) is 13.9. The van der Waals surface area contributed by atoms with Gasteiger partial charge in [0.1, 0.15) is 0 Å². The number of allylic oxidation sites excluding steroid dienone is 2. The van der Waals surface area contributed by atoms with Gasteiger partial charge in [0.25, 0.3) is 0 Å². The molecule has 0 aromatic carbocycles. The lowest BCUT2D eigenvalue weighted by Gasteiger charge is -2.12. The molecule has 0 aromatic rings. The maximum Gasteiger partial charge on any atom is 0.244 e. The van der Waals surface area contributed by atoms with Crippen LogP contribution in [-0.4, -0.2) is 11.8 Å². The zero-order chi connectivity index (χ0) is 16.4. The van der Waals surface area contributed by atoms with E-state index in [1.807, 2.05) is 26.8 Å². The monoisotopic (exact) mass is 294 g/mol. The van der Waals surface area contributed by atoms with Gasteiger partial charge in [-0.3, -0.25) is 9.59 Å². The van der Waals surface area contributed by atoms with Gasteiger partial charge in [-0.25, -0.2) is 0 Å². The first-order valence-corrected chi connectivity index (χ1v) is 7.73. The van der Waals surface area contributed by atoms with E-state index >= 15 is 0 Å². The Morgan fingerprint density at radius 3 is 2.00 bits per heavy atom. The summed E-state index contributed by atoms with van der Waals surface area (Å²) in [4.78, 5) is 22.2. The lowest BCUT2D eigenvalue weighted by molar-refractivity contribution is -0.115. The molecule has 4 nitrogen and oxygen atoms in total. The van der Waals surface area contributed by atoms with Crippen molar-refractivity contribution in [1.82, 2.24) is 0 Å². The fourth-order valence-corrected chi connectivity index (χ4v) is 2.43. The van der Waals surface area contributed by atoms with Gasteiger partial charge in [0.05, 0.1) is 0 Å². The molecule has 0 saturated heterocycles. The van der Waals surface area contributed by atoms with Crippen molar-refractivity contribution >= 4 is 11.8 Å². The van der Waals surface area contributed by atoms with Crippen molar-refractivity contribution in [3.8, 4) is 0 Å². The Morgan fingerprint density at radius 1 is 0.952 bits per heavy atom. The highest BCUT2D eigenvalue weighted by Gasteiger charge is 2.12. The summed E-state index contributed by atoms with van der Waals surface area (Å²) in [5.41, 5.74) is 13.1. The molecule has 0 unspecified atom stereocenters. The Hall–Kier alpha value is -1.58. The first kappa shape index (κ1) is 19.4. The summed E-state index contributed by atoms with van der Waals surface area (Å²) in [7, 11) is 0. The first-order valence-electron chi connectivity index (χ1n) is 7.73. The average molecular weight is 294 g/mol. The molecular weight excluding hydrogens is 264 g/mol. The maximum atomic E-state index is 11.4. The number of unbranched alkanes of at least 4 members (excludes halogenated alkanes) is 4. The van der Waals surface area contributed by atoms with E-state index < -0.39 is 0 Å². The number of carbonyl (C=O) groups excluding carboxylic acids is 2. The van der Waals surface area contributed by atoms with E-state index in [1.54, 1.807) is 6.92 Å². The lowest BCUT2D eigenvalue weighted by atomic mass is 9.94. The van der Waals surface area contributed by atoms with Crippen LogP contribution in [0.5, 0.6) is 0 Å². The zero-order valence-electron chi connectivity index (χ0n) is 13.9. The van der Waals surface area contributed by atoms with Crippen LogP contribution in [0.15, 0.2) is 22.8 Å². The van der Waals surface area contributed by atoms with Gasteiger partial charge in [0.2, 0.25) is 11.8 Å². The number of carbonyl (C=O) groups is 2. The fraction of sp³-hybridized carbons (Fsp3) is 0.647. The number of hydrogen-bond acceptors (Lipinski definition) is 2. The number of amides is 2. The molecule has 0 rings (SSSR count). The van der Waals surface area contributed by atoms with Crippen LogP contribution in [0.4, 0.5) is 0 Å². The standard InChI is InChI=1S/C17H30N2O2/c1-12(2)15(17(19)21)13(3)10-8-6-5-7-9-11-14(4)16(18)20/h11-12H,5-10H2,1-4H3,(H2,18,20)(H2,19,21). The Labute approximate surface area is 128 Å². The first-order chi connectivity index (χ1) is 9.77. The predicted octanol–water partition coefficient (Wildman–Crippen LogP) is 3.22. The van der Waals surface area contributed by atoms with Crippen molar-refractivity contribution in [1.29, 1.82) is 0 Å². The second kappa shape index (κ2) is 10.2. The third-order valence-corrected chi connectivity index (χ3v) is 3.65. The predicted molar refractivity (Wildman–Crippen MR) is 87.4 cm³/mol. The minimum absolute atomic E-state index is 0.185. The van der Waals surface area contributed by atoms with Gasteiger partial charge in [-0.2, -0.15) is 0 Å². The van der Waals surface area contributed by atoms with E-state index in [-0.39, 0.29) is 17.7 Å². The minimum atomic E-state index is -0.344. The van der Waals surface area contributed by atoms with Gasteiger partial charge in [-0.15, -0.1) is 0 Å². The summed E-state index contributed by atoms with van der Waals surface area (Å²) < 4.78 is 0. The summed E-state index contributed by atoms with van der Waals surface area (Å²) in [5.74, 6) is -0.456. The van der Waals surface area contributed by atoms with Crippen molar-refractivity contribution in [3.63, 3.8) is 0 Å². The molecule has 4 heteroatoms. The third-order valence-electron chi connectivity index (χ3n) is 3.65. The summed E-state index contributed by atoms with van der Waals surface area (Å²) in [6.45, 7) is 7.74. The van der Waals surface area contributed by atoms with Gasteiger partial charge < -0.3 is 11.5 Å². The summed E-state index contributed by atoms with van der Waals surface area (Å²) in [5, 5.41) is 0. The largest absolute Gasteiger partial charge is 0.366 e. The Balaban J connectivity index is 4.01. The highest BCUT2D eigenvalue weighted by molar-refractivity contribution is 5.93. The number of nitrogens with two attached hydrogens (primary N) is 2. The number of primary amides is 2. The van der Waals surface area contributed by atoms with Crippen LogP contribution >= 0.6 is 0 Å². The van der Waals surface area contributed by atoms with Gasteiger partial charge in [-0.05, 0) is 45.4 Å². The van der Waals surface area contributed by atoms with Crippen molar-refractivity contribution in [2.45, 2.75) is 66.2 Å². The van der Waals surface area contributed by atoms with Crippen LogP contribution in [0.1, 0.15) is 66.2 Å². The Morgan fingerprint density at radius 2 is 1.52 bits per heavy atom. The van der Waals surface area contributed by atoms with E-state index in [1.165, 1.54) is 0 Å². The molecule has 0 fully saturated rings. The summed E-state index contributed by atoms with van der Waals surface area (Å²) in [6.07, 6.45) is 8.06. The van der Waals surface area contributed by atoms with E-state index in [4.69, 9.17) is 11.5 Å². The molecule has 0 aliphatic carbocycles. The van der Waals surface area contributed by atoms with E-state index in [9.17, 15) is 9.59 Å². The molecule has 120 valence electrons. The molecule has 21 heavy (non-hydrogen) atoms. The van der Waals surface area contributed by atoms with Crippen LogP contribution in [-0.2, 0) is 9.59 Å². The topological polar surface area (TPSA) is 86.2 Å². The van der Waals surface area contributed by atoms with E-state index in [0.717, 1.165) is 49.7 Å². The van der Waals surface area contributed by atoms with Gasteiger partial charge in [-0.1, -0.05) is 38.3 Å². The van der Waals surface area contributed by atoms with E-state index in [0.29, 0.717) is 5.57 Å². The molecule has 0 aliphatic rings. The summed E-state index contributed by atoms with van der Waals surface area (Å²) >= 11 is 0. The van der Waals surface area contributed by atoms with Crippen LogP contribution < -0.4 is 11.5 Å². The van der Waals surface area contributed by atoms with Gasteiger partial charge >= 0.3 is 0 Å². The molecule has 0 spiro atoms. The average Bonchev–Trinajstić information content (AvgIpc) is 2.36. The summed E-state index contributed by atoms with van der Waals surface area (Å²) in [6, 6.07) is 0. The number of rotatable bonds is 10. The normalized spacial score (nSPS) is 13.3. The highest BCUT2D eigenvalue weighted by Crippen LogP contribution is 2.19. The van der Waals surface area contributed by atoms with Crippen LogP contribution in [0.25, 0.3) is 0 Å². The quantitative estimate of drug-likeness (QED) is 0.479. The van der Waals surface area contributed by atoms with Crippen molar-refractivity contribution in [2.24, 2.45) is 17.4 Å². The molecule has 0 aliphatic heterocycles. The smallest absolute Gasteiger partial charge is 0.244 e. The van der Waals surface area contributed by atoms with Gasteiger partial charge in [0.15, 0.2) is 0 Å². The van der Waals surface area contributed by atoms with Crippen molar-refractivity contribution in [3.05, 3.63) is 22.8 Å². The van der Waals surface area contributed by atoms with E-state index in [2.05, 4.69) is 0 Å². The fourth-order valence-electron chi connectivity index (χ4n) is 2.43. The highest BCUT2D eigenvalue weighted by atomic mass is 16.1. The SMILES string of the molecule is CC(=CCCCCCCC(C)=C(C(N)=O)C(C)C)C(N)=O. The Kier molecular flexibility index (Phi) is 9.42. The minimum Gasteiger partial charge on any atom is -0.366 e. The molecule has 0 atom stereocenters. The molecule has 0 heterocycles. The van der Waals surface area contributed by atoms with Crippen molar-refractivity contribution < 1.29 is 9.59 Å².